The van der Waals surface area contributed by atoms with Gasteiger partial charge in [-0.25, -0.2) is 9.78 Å². The zero-order chi connectivity index (χ0) is 25.1. The van der Waals surface area contributed by atoms with E-state index in [0.717, 1.165) is 27.7 Å². The van der Waals surface area contributed by atoms with E-state index in [1.165, 1.54) is 10.9 Å². The molecule has 7 nitrogen and oxygen atoms in total. The van der Waals surface area contributed by atoms with Crippen molar-refractivity contribution in [3.63, 3.8) is 0 Å². The molecular formula is C28H23N3O4S. The van der Waals surface area contributed by atoms with Crippen LogP contribution in [-0.4, -0.2) is 28.0 Å². The lowest BCUT2D eigenvalue weighted by atomic mass is 10.1. The third-order valence-electron chi connectivity index (χ3n) is 5.95. The molecule has 0 aliphatic carbocycles. The van der Waals surface area contributed by atoms with Crippen LogP contribution in [0, 0.1) is 6.92 Å². The fourth-order valence-electron chi connectivity index (χ4n) is 4.12. The van der Waals surface area contributed by atoms with E-state index in [2.05, 4.69) is 10.3 Å². The fraction of sp³-hybridized carbons (Fsp3) is 0.143. The zero-order valence-corrected chi connectivity index (χ0v) is 20.4. The van der Waals surface area contributed by atoms with Crippen molar-refractivity contribution in [3.05, 3.63) is 105 Å². The number of aromatic nitrogens is 2. The molecule has 0 saturated carbocycles. The number of amides is 1. The van der Waals surface area contributed by atoms with Gasteiger partial charge in [0.05, 0.1) is 18.3 Å². The molecule has 0 spiro atoms. The molecule has 5 rings (SSSR count). The molecule has 0 atom stereocenters. The van der Waals surface area contributed by atoms with Crippen LogP contribution >= 0.6 is 11.3 Å². The topological polar surface area (TPSA) is 90.3 Å². The molecule has 180 valence electrons. The molecule has 0 radical (unpaired) electrons. The van der Waals surface area contributed by atoms with Gasteiger partial charge in [-0.1, -0.05) is 66.7 Å². The summed E-state index contributed by atoms with van der Waals surface area (Å²) >= 11 is 1.12. The molecule has 1 amide bonds. The Hall–Kier alpha value is -4.30. The van der Waals surface area contributed by atoms with Crippen LogP contribution in [0.4, 0.5) is 5.69 Å². The van der Waals surface area contributed by atoms with Gasteiger partial charge in [0.1, 0.15) is 16.3 Å². The fourth-order valence-corrected chi connectivity index (χ4v) is 5.15. The summed E-state index contributed by atoms with van der Waals surface area (Å²) in [5.74, 6) is -0.825. The normalized spacial score (nSPS) is 11.0. The van der Waals surface area contributed by atoms with Crippen LogP contribution in [0.3, 0.4) is 0 Å². The smallest absolute Gasteiger partial charge is 0.348 e. The first kappa shape index (κ1) is 23.4. The van der Waals surface area contributed by atoms with Crippen molar-refractivity contribution in [1.82, 2.24) is 9.55 Å². The maximum Gasteiger partial charge on any atom is 0.348 e. The summed E-state index contributed by atoms with van der Waals surface area (Å²) in [7, 11) is 0. The molecule has 0 unspecified atom stereocenters. The van der Waals surface area contributed by atoms with Gasteiger partial charge in [0.25, 0.3) is 5.56 Å². The third kappa shape index (κ3) is 4.76. The number of fused-ring (bicyclic) bond motifs is 2. The Morgan fingerprint density at radius 2 is 1.75 bits per heavy atom. The van der Waals surface area contributed by atoms with Crippen molar-refractivity contribution in [2.24, 2.45) is 0 Å². The van der Waals surface area contributed by atoms with E-state index in [9.17, 15) is 14.4 Å². The van der Waals surface area contributed by atoms with Crippen molar-refractivity contribution in [1.29, 1.82) is 0 Å². The van der Waals surface area contributed by atoms with E-state index in [4.69, 9.17) is 4.74 Å². The molecule has 0 aliphatic rings. The zero-order valence-electron chi connectivity index (χ0n) is 19.6. The number of carbonyl (C=O) groups excluding carboxylic acids is 2. The summed E-state index contributed by atoms with van der Waals surface area (Å²) in [5, 5.41) is 5.14. The lowest BCUT2D eigenvalue weighted by Crippen LogP contribution is -2.28. The largest absolute Gasteiger partial charge is 0.461 e. The summed E-state index contributed by atoms with van der Waals surface area (Å²) < 4.78 is 6.71. The predicted molar refractivity (Wildman–Crippen MR) is 142 cm³/mol. The highest BCUT2D eigenvalue weighted by Gasteiger charge is 2.21. The number of ether oxygens (including phenoxy) is 1. The van der Waals surface area contributed by atoms with E-state index in [1.807, 2.05) is 72.8 Å². The number of benzene rings is 3. The maximum atomic E-state index is 13.2. The van der Waals surface area contributed by atoms with Crippen molar-refractivity contribution in [2.45, 2.75) is 19.9 Å². The van der Waals surface area contributed by atoms with Gasteiger partial charge in [0, 0.05) is 17.5 Å². The van der Waals surface area contributed by atoms with Crippen LogP contribution < -0.4 is 10.9 Å². The quantitative estimate of drug-likeness (QED) is 0.321. The molecule has 0 bridgehead atoms. The van der Waals surface area contributed by atoms with Crippen molar-refractivity contribution >= 4 is 49.9 Å². The number of nitrogens with zero attached hydrogens (tertiary/aromatic N) is 2. The highest BCUT2D eigenvalue weighted by molar-refractivity contribution is 7.20. The second-order valence-electron chi connectivity index (χ2n) is 8.36. The number of nitrogens with one attached hydrogen (secondary N) is 1. The van der Waals surface area contributed by atoms with Crippen molar-refractivity contribution in [3.8, 4) is 0 Å². The number of anilines is 1. The van der Waals surface area contributed by atoms with Gasteiger partial charge in [0.2, 0.25) is 5.91 Å². The number of thiophene rings is 1. The van der Waals surface area contributed by atoms with Gasteiger partial charge >= 0.3 is 5.97 Å². The van der Waals surface area contributed by atoms with Crippen molar-refractivity contribution in [2.75, 3.05) is 11.9 Å². The first-order valence-electron chi connectivity index (χ1n) is 11.5. The van der Waals surface area contributed by atoms with Gasteiger partial charge in [-0.15, -0.1) is 11.3 Å². The van der Waals surface area contributed by atoms with Crippen LogP contribution in [0.15, 0.2) is 83.9 Å². The molecule has 0 aliphatic heterocycles. The first-order chi connectivity index (χ1) is 17.5. The number of carbonyl (C=O) groups is 2. The average molecular weight is 498 g/mol. The number of rotatable bonds is 7. The average Bonchev–Trinajstić information content (AvgIpc) is 3.23. The van der Waals surface area contributed by atoms with Crippen molar-refractivity contribution < 1.29 is 14.3 Å². The lowest BCUT2D eigenvalue weighted by Gasteiger charge is -2.10. The number of hydrogen-bond acceptors (Lipinski definition) is 6. The summed E-state index contributed by atoms with van der Waals surface area (Å²) in [6.07, 6.45) is 1.95. The van der Waals surface area contributed by atoms with E-state index in [0.29, 0.717) is 32.8 Å². The Bertz CT molecular complexity index is 1630. The third-order valence-corrected chi connectivity index (χ3v) is 7.13. The molecule has 2 heterocycles. The second-order valence-corrected chi connectivity index (χ2v) is 9.36. The Morgan fingerprint density at radius 1 is 1.00 bits per heavy atom. The van der Waals surface area contributed by atoms with Crippen LogP contribution in [0.2, 0.25) is 0 Å². The number of esters is 1. The molecule has 36 heavy (non-hydrogen) atoms. The summed E-state index contributed by atoms with van der Waals surface area (Å²) in [6.45, 7) is 1.75. The minimum absolute atomic E-state index is 0.197. The van der Waals surface area contributed by atoms with Crippen LogP contribution in [-0.2, 0) is 22.5 Å². The van der Waals surface area contributed by atoms with Crippen LogP contribution in [0.25, 0.3) is 21.0 Å². The molecule has 5 aromatic rings. The molecule has 1 N–H and O–H groups in total. The molecule has 0 saturated heterocycles. The number of hydrogen-bond donors (Lipinski definition) is 1. The maximum absolute atomic E-state index is 13.2. The lowest BCUT2D eigenvalue weighted by molar-refractivity contribution is -0.116. The number of aryl methyl sites for hydroxylation is 1. The monoisotopic (exact) mass is 497 g/mol. The van der Waals surface area contributed by atoms with Gasteiger partial charge in [-0.05, 0) is 29.5 Å². The molecule has 2 aromatic heterocycles. The Kier molecular flexibility index (Phi) is 6.60. The van der Waals surface area contributed by atoms with E-state index in [-0.39, 0.29) is 24.6 Å². The summed E-state index contributed by atoms with van der Waals surface area (Å²) in [4.78, 5) is 43.8. The molecule has 3 aromatic carbocycles. The Labute approximate surface area is 211 Å². The Morgan fingerprint density at radius 3 is 2.58 bits per heavy atom. The standard InChI is InChI=1S/C28H23N3O4S/c1-18-24-26(36-25(18)28(34)35-15-14-19-8-3-2-4-9-19)29-17-31(27(24)33)16-23(32)30-22-13-7-11-20-10-5-6-12-21(20)22/h2-13,17H,14-16H2,1H3,(H,30,32). The van der Waals surface area contributed by atoms with Gasteiger partial charge in [0.15, 0.2) is 0 Å². The van der Waals surface area contributed by atoms with Gasteiger partial charge in [-0.3, -0.25) is 14.2 Å². The summed E-state index contributed by atoms with van der Waals surface area (Å²) in [6, 6.07) is 23.2. The van der Waals surface area contributed by atoms with E-state index < -0.39 is 5.97 Å². The van der Waals surface area contributed by atoms with E-state index in [1.54, 1.807) is 6.92 Å². The van der Waals surface area contributed by atoms with Gasteiger partial charge < -0.3 is 10.1 Å². The predicted octanol–water partition coefficient (Wildman–Crippen LogP) is 4.96. The highest BCUT2D eigenvalue weighted by Crippen LogP contribution is 2.28. The highest BCUT2D eigenvalue weighted by atomic mass is 32.1. The Balaban J connectivity index is 1.32. The van der Waals surface area contributed by atoms with Crippen LogP contribution in [0.1, 0.15) is 20.8 Å². The van der Waals surface area contributed by atoms with Gasteiger partial charge in [-0.2, -0.15) is 0 Å². The SMILES string of the molecule is Cc1c(C(=O)OCCc2ccccc2)sc2ncn(CC(=O)Nc3cccc4ccccc34)c(=O)c12. The second kappa shape index (κ2) is 10.1. The minimum Gasteiger partial charge on any atom is -0.461 e. The minimum atomic E-state index is -0.480. The molecule has 8 heteroatoms. The van der Waals surface area contributed by atoms with E-state index >= 15 is 0 Å². The molecular weight excluding hydrogens is 474 g/mol. The first-order valence-corrected chi connectivity index (χ1v) is 12.3. The van der Waals surface area contributed by atoms with Crippen LogP contribution in [0.5, 0.6) is 0 Å². The molecule has 0 fully saturated rings. The summed E-state index contributed by atoms with van der Waals surface area (Å²) in [5.41, 5.74) is 1.89.